The van der Waals surface area contributed by atoms with Crippen LogP contribution in [0.4, 0.5) is 10.1 Å². The Bertz CT molecular complexity index is 702. The molecule has 0 saturated heterocycles. The molecular weight excluding hydrogens is 301 g/mol. The van der Waals surface area contributed by atoms with Crippen LogP contribution in [0.25, 0.3) is 0 Å². The first-order valence-electron chi connectivity index (χ1n) is 7.28. The molecule has 23 heavy (non-hydrogen) atoms. The first-order valence-corrected chi connectivity index (χ1v) is 7.28. The minimum absolute atomic E-state index is 0.179. The van der Waals surface area contributed by atoms with Crippen LogP contribution in [0.2, 0.25) is 0 Å². The monoisotopic (exact) mass is 317 g/mol. The Balaban J connectivity index is 1.66. The molecule has 0 spiro atoms. The number of fused-ring (bicyclic) bond motifs is 1. The van der Waals surface area contributed by atoms with E-state index in [-0.39, 0.29) is 18.5 Å². The van der Waals surface area contributed by atoms with Crippen LogP contribution in [-0.4, -0.2) is 18.8 Å². The molecule has 120 valence electrons. The maximum atomic E-state index is 12.9. The van der Waals surface area contributed by atoms with Gasteiger partial charge in [-0.1, -0.05) is 6.92 Å². The van der Waals surface area contributed by atoms with Crippen molar-refractivity contribution < 1.29 is 23.4 Å². The maximum absolute atomic E-state index is 12.9. The van der Waals surface area contributed by atoms with E-state index in [1.807, 2.05) is 6.92 Å². The molecule has 0 saturated carbocycles. The van der Waals surface area contributed by atoms with Gasteiger partial charge in [0.2, 0.25) is 6.79 Å². The van der Waals surface area contributed by atoms with Gasteiger partial charge in [0.25, 0.3) is 5.91 Å². The first-order chi connectivity index (χ1) is 11.2. The Labute approximate surface area is 133 Å². The average Bonchev–Trinajstić information content (AvgIpc) is 3.02. The van der Waals surface area contributed by atoms with Gasteiger partial charge in [-0.25, -0.2) is 4.39 Å². The summed E-state index contributed by atoms with van der Waals surface area (Å²) in [4.78, 5) is 12.3. The summed E-state index contributed by atoms with van der Waals surface area (Å²) in [6, 6.07) is 10.7. The lowest BCUT2D eigenvalue weighted by molar-refractivity contribution is -0.122. The average molecular weight is 317 g/mol. The fourth-order valence-electron chi connectivity index (χ4n) is 2.20. The van der Waals surface area contributed by atoms with Gasteiger partial charge in [0.1, 0.15) is 11.6 Å². The number of hydrogen-bond donors (Lipinski definition) is 1. The summed E-state index contributed by atoms with van der Waals surface area (Å²) in [6.45, 7) is 2.02. The standard InChI is InChI=1S/C17H16FNO4/c1-2-14(23-13-6-3-11(18)4-7-13)17(20)19-12-5-8-15-16(9-12)22-10-21-15/h3-9,14H,2,10H2,1H3,(H,19,20)/t14-/m0/s1. The Morgan fingerprint density at radius 3 is 2.70 bits per heavy atom. The van der Waals surface area contributed by atoms with Gasteiger partial charge >= 0.3 is 0 Å². The van der Waals surface area contributed by atoms with Crippen LogP contribution in [0.5, 0.6) is 17.2 Å². The van der Waals surface area contributed by atoms with Crippen molar-refractivity contribution in [3.8, 4) is 17.2 Å². The van der Waals surface area contributed by atoms with Gasteiger partial charge in [-0.3, -0.25) is 4.79 Å². The van der Waals surface area contributed by atoms with Crippen molar-refractivity contribution in [3.63, 3.8) is 0 Å². The van der Waals surface area contributed by atoms with E-state index in [1.165, 1.54) is 24.3 Å². The molecule has 0 unspecified atom stereocenters. The predicted molar refractivity (Wildman–Crippen MR) is 82.3 cm³/mol. The summed E-state index contributed by atoms with van der Waals surface area (Å²) in [6.07, 6.45) is -0.195. The predicted octanol–water partition coefficient (Wildman–Crippen LogP) is 3.35. The second kappa shape index (κ2) is 6.56. The zero-order chi connectivity index (χ0) is 16.2. The summed E-state index contributed by atoms with van der Waals surface area (Å²) in [7, 11) is 0. The van der Waals surface area contributed by atoms with Gasteiger partial charge in [0.15, 0.2) is 17.6 Å². The molecule has 5 nitrogen and oxygen atoms in total. The van der Waals surface area contributed by atoms with Crippen LogP contribution in [-0.2, 0) is 4.79 Å². The summed E-state index contributed by atoms with van der Waals surface area (Å²) < 4.78 is 29.0. The second-order valence-corrected chi connectivity index (χ2v) is 5.03. The quantitative estimate of drug-likeness (QED) is 0.919. The molecule has 1 N–H and O–H groups in total. The maximum Gasteiger partial charge on any atom is 0.265 e. The number of benzene rings is 2. The highest BCUT2D eigenvalue weighted by Crippen LogP contribution is 2.34. The number of carbonyl (C=O) groups excluding carboxylic acids is 1. The molecule has 3 rings (SSSR count). The third-order valence-corrected chi connectivity index (χ3v) is 3.40. The third kappa shape index (κ3) is 3.53. The molecule has 1 heterocycles. The van der Waals surface area contributed by atoms with E-state index in [4.69, 9.17) is 14.2 Å². The Hall–Kier alpha value is -2.76. The number of carbonyl (C=O) groups is 1. The lowest BCUT2D eigenvalue weighted by Crippen LogP contribution is -2.32. The van der Waals surface area contributed by atoms with Crippen LogP contribution in [0, 0.1) is 5.82 Å². The van der Waals surface area contributed by atoms with E-state index in [0.29, 0.717) is 29.4 Å². The summed E-state index contributed by atoms with van der Waals surface area (Å²) in [5.74, 6) is 1.05. The SMILES string of the molecule is CC[C@H](Oc1ccc(F)cc1)C(=O)Nc1ccc2c(c1)OCO2. The van der Waals surface area contributed by atoms with Crippen LogP contribution in [0.15, 0.2) is 42.5 Å². The van der Waals surface area contributed by atoms with Gasteiger partial charge in [-0.05, 0) is 42.8 Å². The van der Waals surface area contributed by atoms with Crippen LogP contribution >= 0.6 is 0 Å². The molecule has 1 atom stereocenters. The topological polar surface area (TPSA) is 56.8 Å². The summed E-state index contributed by atoms with van der Waals surface area (Å²) in [5.41, 5.74) is 0.598. The highest BCUT2D eigenvalue weighted by molar-refractivity contribution is 5.94. The molecular formula is C17H16FNO4. The molecule has 1 aliphatic rings. The highest BCUT2D eigenvalue weighted by Gasteiger charge is 2.20. The Kier molecular flexibility index (Phi) is 4.32. The van der Waals surface area contributed by atoms with E-state index >= 15 is 0 Å². The number of nitrogens with one attached hydrogen (secondary N) is 1. The Morgan fingerprint density at radius 1 is 1.22 bits per heavy atom. The van der Waals surface area contributed by atoms with Crippen molar-refractivity contribution >= 4 is 11.6 Å². The third-order valence-electron chi connectivity index (χ3n) is 3.40. The van der Waals surface area contributed by atoms with Crippen molar-refractivity contribution in [2.45, 2.75) is 19.4 Å². The molecule has 0 aliphatic carbocycles. The molecule has 2 aromatic carbocycles. The minimum atomic E-state index is -0.675. The van der Waals surface area contributed by atoms with Crippen molar-refractivity contribution in [3.05, 3.63) is 48.3 Å². The molecule has 6 heteroatoms. The minimum Gasteiger partial charge on any atom is -0.481 e. The van der Waals surface area contributed by atoms with Gasteiger partial charge in [0, 0.05) is 11.8 Å². The fourth-order valence-corrected chi connectivity index (χ4v) is 2.20. The molecule has 0 fully saturated rings. The van der Waals surface area contributed by atoms with E-state index < -0.39 is 6.10 Å². The van der Waals surface area contributed by atoms with Crippen LogP contribution in [0.3, 0.4) is 0 Å². The van der Waals surface area contributed by atoms with Gasteiger partial charge in [-0.2, -0.15) is 0 Å². The summed E-state index contributed by atoms with van der Waals surface area (Å²) >= 11 is 0. The summed E-state index contributed by atoms with van der Waals surface area (Å²) in [5, 5.41) is 2.78. The number of halogens is 1. The lowest BCUT2D eigenvalue weighted by Gasteiger charge is -2.17. The molecule has 1 amide bonds. The molecule has 0 aromatic heterocycles. The van der Waals surface area contributed by atoms with Crippen molar-refractivity contribution in [1.82, 2.24) is 0 Å². The number of anilines is 1. The van der Waals surface area contributed by atoms with Gasteiger partial charge in [-0.15, -0.1) is 0 Å². The smallest absolute Gasteiger partial charge is 0.265 e. The van der Waals surface area contributed by atoms with E-state index in [2.05, 4.69) is 5.32 Å². The largest absolute Gasteiger partial charge is 0.481 e. The highest BCUT2D eigenvalue weighted by atomic mass is 19.1. The van der Waals surface area contributed by atoms with Crippen molar-refractivity contribution in [2.75, 3.05) is 12.1 Å². The fraction of sp³-hybridized carbons (Fsp3) is 0.235. The van der Waals surface area contributed by atoms with Gasteiger partial charge in [0.05, 0.1) is 0 Å². The molecule has 0 radical (unpaired) electrons. The number of ether oxygens (including phenoxy) is 3. The molecule has 0 bridgehead atoms. The Morgan fingerprint density at radius 2 is 1.96 bits per heavy atom. The number of amides is 1. The first kappa shape index (κ1) is 15.1. The number of hydrogen-bond acceptors (Lipinski definition) is 4. The number of rotatable bonds is 5. The van der Waals surface area contributed by atoms with Crippen molar-refractivity contribution in [1.29, 1.82) is 0 Å². The van der Waals surface area contributed by atoms with Gasteiger partial charge < -0.3 is 19.5 Å². The molecule has 2 aromatic rings. The van der Waals surface area contributed by atoms with E-state index in [1.54, 1.807) is 18.2 Å². The van der Waals surface area contributed by atoms with E-state index in [0.717, 1.165) is 0 Å². The normalized spacial score (nSPS) is 13.5. The molecule has 1 aliphatic heterocycles. The van der Waals surface area contributed by atoms with Crippen molar-refractivity contribution in [2.24, 2.45) is 0 Å². The van der Waals surface area contributed by atoms with Crippen LogP contribution < -0.4 is 19.5 Å². The zero-order valence-electron chi connectivity index (χ0n) is 12.5. The van der Waals surface area contributed by atoms with E-state index in [9.17, 15) is 9.18 Å². The second-order valence-electron chi connectivity index (χ2n) is 5.03. The lowest BCUT2D eigenvalue weighted by atomic mass is 10.2. The van der Waals surface area contributed by atoms with Crippen LogP contribution in [0.1, 0.15) is 13.3 Å². The zero-order valence-corrected chi connectivity index (χ0v) is 12.5.